The zero-order chi connectivity index (χ0) is 16.4. The van der Waals surface area contributed by atoms with Crippen LogP contribution in [0.3, 0.4) is 0 Å². The monoisotopic (exact) mass is 349 g/mol. The Balaban J connectivity index is 1.69. The van der Waals surface area contributed by atoms with Crippen LogP contribution in [0.15, 0.2) is 42.5 Å². The number of rotatable bonds is 5. The molecule has 0 spiro atoms. The second kappa shape index (κ2) is 6.81. The molecule has 5 heteroatoms. The van der Waals surface area contributed by atoms with Gasteiger partial charge in [-0.3, -0.25) is 4.79 Å². The smallest absolute Gasteiger partial charge is 0.228 e. The van der Waals surface area contributed by atoms with Crippen LogP contribution in [-0.2, 0) is 4.79 Å². The zero-order valence-electron chi connectivity index (χ0n) is 12.7. The Labute approximate surface area is 145 Å². The van der Waals surface area contributed by atoms with E-state index in [1.165, 1.54) is 0 Å². The first kappa shape index (κ1) is 16.2. The van der Waals surface area contributed by atoms with Crippen molar-refractivity contribution < 1.29 is 9.53 Å². The molecule has 2 aromatic carbocycles. The number of carbonyl (C=O) groups excluding carboxylic acids is 1. The van der Waals surface area contributed by atoms with E-state index in [4.69, 9.17) is 27.9 Å². The Morgan fingerprint density at radius 3 is 2.61 bits per heavy atom. The molecule has 3 nitrogen and oxygen atoms in total. The molecule has 3 rings (SSSR count). The molecule has 0 unspecified atom stereocenters. The minimum absolute atomic E-state index is 0.00162. The summed E-state index contributed by atoms with van der Waals surface area (Å²) >= 11 is 12.1. The van der Waals surface area contributed by atoms with Gasteiger partial charge in [-0.2, -0.15) is 0 Å². The predicted molar refractivity (Wildman–Crippen MR) is 93.6 cm³/mol. The molecule has 0 aliphatic heterocycles. The van der Waals surface area contributed by atoms with E-state index in [9.17, 15) is 4.79 Å². The standard InChI is InChI=1S/C18H17Cl2NO2/c1-2-23-17-6-4-3-5-16(17)21-18(22)15-10-14(15)11-7-12(19)9-13(20)8-11/h3-9,14-15H,2,10H2,1H3,(H,21,22)/t14-,15-/m1/s1. The number of halogens is 2. The molecule has 1 amide bonds. The van der Waals surface area contributed by atoms with E-state index in [-0.39, 0.29) is 17.7 Å². The van der Waals surface area contributed by atoms with E-state index < -0.39 is 0 Å². The molecule has 0 aromatic heterocycles. The summed E-state index contributed by atoms with van der Waals surface area (Å²) in [6.45, 7) is 2.47. The zero-order valence-corrected chi connectivity index (χ0v) is 14.2. The summed E-state index contributed by atoms with van der Waals surface area (Å²) in [4.78, 5) is 12.5. The molecule has 1 N–H and O–H groups in total. The Morgan fingerprint density at radius 1 is 1.22 bits per heavy atom. The van der Waals surface area contributed by atoms with Gasteiger partial charge in [0.15, 0.2) is 0 Å². The van der Waals surface area contributed by atoms with Gasteiger partial charge in [-0.05, 0) is 55.2 Å². The van der Waals surface area contributed by atoms with Crippen molar-refractivity contribution in [1.82, 2.24) is 0 Å². The van der Waals surface area contributed by atoms with Crippen molar-refractivity contribution in [3.05, 3.63) is 58.1 Å². The molecule has 1 saturated carbocycles. The van der Waals surface area contributed by atoms with Crippen molar-refractivity contribution >= 4 is 34.8 Å². The van der Waals surface area contributed by atoms with Crippen LogP contribution in [0.25, 0.3) is 0 Å². The van der Waals surface area contributed by atoms with Crippen molar-refractivity contribution in [3.8, 4) is 5.75 Å². The van der Waals surface area contributed by atoms with Crippen LogP contribution in [0.4, 0.5) is 5.69 Å². The number of hydrogen-bond acceptors (Lipinski definition) is 2. The lowest BCUT2D eigenvalue weighted by atomic mass is 10.1. The van der Waals surface area contributed by atoms with Crippen molar-refractivity contribution in [2.45, 2.75) is 19.3 Å². The molecular weight excluding hydrogens is 333 g/mol. The summed E-state index contributed by atoms with van der Waals surface area (Å²) in [6.07, 6.45) is 0.805. The fraction of sp³-hybridized carbons (Fsp3) is 0.278. The van der Waals surface area contributed by atoms with Crippen molar-refractivity contribution in [2.24, 2.45) is 5.92 Å². The van der Waals surface area contributed by atoms with E-state index in [1.54, 1.807) is 6.07 Å². The van der Waals surface area contributed by atoms with Gasteiger partial charge in [0.25, 0.3) is 0 Å². The number of anilines is 1. The molecule has 0 radical (unpaired) electrons. The third-order valence-corrected chi connectivity index (χ3v) is 4.32. The molecular formula is C18H17Cl2NO2. The van der Waals surface area contributed by atoms with Crippen LogP contribution < -0.4 is 10.1 Å². The highest BCUT2D eigenvalue weighted by molar-refractivity contribution is 6.34. The van der Waals surface area contributed by atoms with E-state index in [2.05, 4.69) is 5.32 Å². The third kappa shape index (κ3) is 3.80. The second-order valence-electron chi connectivity index (χ2n) is 5.57. The first-order valence-corrected chi connectivity index (χ1v) is 8.32. The average molecular weight is 350 g/mol. The van der Waals surface area contributed by atoms with Crippen LogP contribution in [0.2, 0.25) is 10.0 Å². The van der Waals surface area contributed by atoms with Gasteiger partial charge in [-0.15, -0.1) is 0 Å². The van der Waals surface area contributed by atoms with Crippen LogP contribution in [-0.4, -0.2) is 12.5 Å². The average Bonchev–Trinajstić information content (AvgIpc) is 3.29. The number of para-hydroxylation sites is 2. The molecule has 23 heavy (non-hydrogen) atoms. The van der Waals surface area contributed by atoms with Crippen LogP contribution in [0.1, 0.15) is 24.8 Å². The fourth-order valence-corrected chi connectivity index (χ4v) is 3.26. The molecule has 120 valence electrons. The molecule has 1 aliphatic carbocycles. The van der Waals surface area contributed by atoms with E-state index in [0.29, 0.717) is 28.1 Å². The summed E-state index contributed by atoms with van der Waals surface area (Å²) in [7, 11) is 0. The van der Waals surface area contributed by atoms with Crippen LogP contribution in [0.5, 0.6) is 5.75 Å². The third-order valence-electron chi connectivity index (χ3n) is 3.89. The summed E-state index contributed by atoms with van der Waals surface area (Å²) in [5.74, 6) is 0.800. The van der Waals surface area contributed by atoms with E-state index in [0.717, 1.165) is 12.0 Å². The van der Waals surface area contributed by atoms with Crippen LogP contribution >= 0.6 is 23.2 Å². The van der Waals surface area contributed by atoms with Gasteiger partial charge < -0.3 is 10.1 Å². The quantitative estimate of drug-likeness (QED) is 0.811. The largest absolute Gasteiger partial charge is 0.492 e. The van der Waals surface area contributed by atoms with Gasteiger partial charge in [0.05, 0.1) is 12.3 Å². The van der Waals surface area contributed by atoms with Crippen molar-refractivity contribution in [2.75, 3.05) is 11.9 Å². The topological polar surface area (TPSA) is 38.3 Å². The maximum atomic E-state index is 12.5. The number of amides is 1. The van der Waals surface area contributed by atoms with E-state index >= 15 is 0 Å². The Hall–Kier alpha value is -1.71. The highest BCUT2D eigenvalue weighted by Gasteiger charge is 2.44. The highest BCUT2D eigenvalue weighted by atomic mass is 35.5. The molecule has 0 saturated heterocycles. The lowest BCUT2D eigenvalue weighted by molar-refractivity contribution is -0.117. The second-order valence-corrected chi connectivity index (χ2v) is 6.44. The summed E-state index contributed by atoms with van der Waals surface area (Å²) < 4.78 is 5.53. The summed E-state index contributed by atoms with van der Waals surface area (Å²) in [5, 5.41) is 4.15. The van der Waals surface area contributed by atoms with Gasteiger partial charge in [0.1, 0.15) is 5.75 Å². The highest BCUT2D eigenvalue weighted by Crippen LogP contribution is 2.49. The molecule has 2 aromatic rings. The van der Waals surface area contributed by atoms with Gasteiger partial charge in [0.2, 0.25) is 5.91 Å². The molecule has 2 atom stereocenters. The summed E-state index contributed by atoms with van der Waals surface area (Å²) in [5.41, 5.74) is 1.72. The number of nitrogens with one attached hydrogen (secondary N) is 1. The normalized spacial score (nSPS) is 19.3. The first-order valence-electron chi connectivity index (χ1n) is 7.57. The minimum Gasteiger partial charge on any atom is -0.492 e. The first-order chi connectivity index (χ1) is 11.1. The number of hydrogen-bond donors (Lipinski definition) is 1. The minimum atomic E-state index is -0.0563. The number of ether oxygens (including phenoxy) is 1. The van der Waals surface area contributed by atoms with Gasteiger partial charge in [0, 0.05) is 16.0 Å². The lowest BCUT2D eigenvalue weighted by Crippen LogP contribution is -2.15. The number of carbonyl (C=O) groups is 1. The maximum absolute atomic E-state index is 12.5. The maximum Gasteiger partial charge on any atom is 0.228 e. The lowest BCUT2D eigenvalue weighted by Gasteiger charge is -2.11. The van der Waals surface area contributed by atoms with Crippen LogP contribution in [0, 0.1) is 5.92 Å². The van der Waals surface area contributed by atoms with Gasteiger partial charge >= 0.3 is 0 Å². The van der Waals surface area contributed by atoms with Crippen molar-refractivity contribution in [1.29, 1.82) is 0 Å². The molecule has 0 bridgehead atoms. The molecule has 1 aliphatic rings. The SMILES string of the molecule is CCOc1ccccc1NC(=O)[C@@H]1C[C@@H]1c1cc(Cl)cc(Cl)c1. The van der Waals surface area contributed by atoms with Gasteiger partial charge in [-0.25, -0.2) is 0 Å². The Morgan fingerprint density at radius 2 is 1.91 bits per heavy atom. The number of benzene rings is 2. The molecule has 1 fully saturated rings. The predicted octanol–water partition coefficient (Wildman–Crippen LogP) is 5.13. The summed E-state index contributed by atoms with van der Waals surface area (Å²) in [6, 6.07) is 12.9. The van der Waals surface area contributed by atoms with E-state index in [1.807, 2.05) is 43.3 Å². The molecule has 0 heterocycles. The van der Waals surface area contributed by atoms with Gasteiger partial charge in [-0.1, -0.05) is 35.3 Å². The Kier molecular flexibility index (Phi) is 4.79. The fourth-order valence-electron chi connectivity index (χ4n) is 2.72. The van der Waals surface area contributed by atoms with Crippen molar-refractivity contribution in [3.63, 3.8) is 0 Å². The Bertz CT molecular complexity index is 712.